The molecule has 0 bridgehead atoms. The summed E-state index contributed by atoms with van der Waals surface area (Å²) < 4.78 is 4.02. The molecular formula is C45H44Cl2Zr. The third-order valence-electron chi connectivity index (χ3n) is 11.0. The van der Waals surface area contributed by atoms with Crippen molar-refractivity contribution in [1.82, 2.24) is 0 Å². The van der Waals surface area contributed by atoms with Crippen molar-refractivity contribution in [2.75, 3.05) is 0 Å². The molecule has 0 nitrogen and oxygen atoms in total. The molecule has 3 heteroatoms. The minimum absolute atomic E-state index is 0. The molecule has 0 aliphatic heterocycles. The van der Waals surface area contributed by atoms with Crippen molar-refractivity contribution < 1.29 is 46.1 Å². The van der Waals surface area contributed by atoms with Crippen LogP contribution in [0.15, 0.2) is 118 Å². The third-order valence-corrected chi connectivity index (χ3v) is 19.7. The van der Waals surface area contributed by atoms with Crippen molar-refractivity contribution in [3.05, 3.63) is 163 Å². The molecule has 0 fully saturated rings. The van der Waals surface area contributed by atoms with Crippen LogP contribution in [-0.4, -0.2) is 3.21 Å². The summed E-state index contributed by atoms with van der Waals surface area (Å²) >= 11 is -2.69. The van der Waals surface area contributed by atoms with E-state index in [2.05, 4.69) is 163 Å². The third kappa shape index (κ3) is 6.00. The molecule has 0 radical (unpaired) electrons. The van der Waals surface area contributed by atoms with E-state index >= 15 is 0 Å². The van der Waals surface area contributed by atoms with E-state index in [0.29, 0.717) is 9.54 Å². The zero-order valence-corrected chi connectivity index (χ0v) is 32.8. The van der Waals surface area contributed by atoms with Crippen LogP contribution in [0, 0.1) is 5.92 Å². The fraction of sp³-hybridized carbons (Fsp3) is 0.267. The average molecular weight is 747 g/mol. The standard InChI is InChI=1S/C23H21.C15H14.C7H9.2ClH.Zr/c1-22(2)7-5-14-10-18-16(12-20(14)22)9-17-13-21-15(11-19(17)18)6-8-23(21,3)4;1-3-8-14(9-4-1)12-7-13-15-10-5-2-6-11-15;1-6-3-4-7(2)5-6;;;/h5-13H,1-4H3;1-6,8-11H,12-13H2;3,5,7H,1-2H3;2*1H;/q;;;;;+2/p-2. The summed E-state index contributed by atoms with van der Waals surface area (Å²) in [7, 11) is 0. The molecule has 8 rings (SSSR count). The predicted octanol–water partition coefficient (Wildman–Crippen LogP) is 5.13. The minimum atomic E-state index is -2.69. The monoisotopic (exact) mass is 744 g/mol. The van der Waals surface area contributed by atoms with Crippen molar-refractivity contribution in [3.8, 4) is 11.1 Å². The molecule has 4 aromatic rings. The molecule has 4 aliphatic carbocycles. The first kappa shape index (κ1) is 35.0. The molecule has 48 heavy (non-hydrogen) atoms. The van der Waals surface area contributed by atoms with Gasteiger partial charge in [-0.25, -0.2) is 0 Å². The molecule has 0 spiro atoms. The van der Waals surface area contributed by atoms with Gasteiger partial charge in [0.2, 0.25) is 0 Å². The van der Waals surface area contributed by atoms with Gasteiger partial charge in [-0.3, -0.25) is 0 Å². The molecule has 242 valence electrons. The van der Waals surface area contributed by atoms with Gasteiger partial charge in [-0.15, -0.1) is 0 Å². The van der Waals surface area contributed by atoms with Gasteiger partial charge in [-0.05, 0) is 0 Å². The number of fused-ring (bicyclic) bond motifs is 5. The van der Waals surface area contributed by atoms with Crippen LogP contribution in [0.1, 0.15) is 89.7 Å². The summed E-state index contributed by atoms with van der Waals surface area (Å²) in [6.45, 7) is 14.3. The van der Waals surface area contributed by atoms with Crippen molar-refractivity contribution in [2.45, 2.75) is 68.8 Å². The fourth-order valence-corrected chi connectivity index (χ4v) is 18.4. The summed E-state index contributed by atoms with van der Waals surface area (Å²) in [4.78, 5) is 0. The SMILES string of the molecule is CC1=CC(C)[C]([Zr+2](=[C](Cc2ccccc2)Cc2ccccc2)[CH]2c3cc4c(cc3-c3cc5c(cc32)C(C)(C)C=C5)C=CC4(C)C)=C1.[Cl-].[Cl-]. The van der Waals surface area contributed by atoms with Crippen molar-refractivity contribution in [3.63, 3.8) is 0 Å². The summed E-state index contributed by atoms with van der Waals surface area (Å²) in [6.07, 6.45) is 16.8. The number of allylic oxidation sites excluding steroid dienone is 6. The molecule has 0 saturated heterocycles. The van der Waals surface area contributed by atoms with Gasteiger partial charge in [0, 0.05) is 0 Å². The van der Waals surface area contributed by atoms with E-state index in [0.717, 1.165) is 12.8 Å². The van der Waals surface area contributed by atoms with Crippen LogP contribution in [0.5, 0.6) is 0 Å². The molecule has 1 unspecified atom stereocenters. The zero-order chi connectivity index (χ0) is 31.8. The van der Waals surface area contributed by atoms with E-state index in [4.69, 9.17) is 0 Å². The molecule has 0 heterocycles. The van der Waals surface area contributed by atoms with E-state index in [1.807, 2.05) is 0 Å². The topological polar surface area (TPSA) is 0 Å². The van der Waals surface area contributed by atoms with Gasteiger partial charge in [0.1, 0.15) is 0 Å². The maximum absolute atomic E-state index is 2.69. The Morgan fingerprint density at radius 1 is 0.667 bits per heavy atom. The van der Waals surface area contributed by atoms with Crippen LogP contribution in [0.25, 0.3) is 23.3 Å². The van der Waals surface area contributed by atoms with Crippen molar-refractivity contribution >= 4 is 15.4 Å². The number of hydrogen-bond donors (Lipinski definition) is 0. The van der Waals surface area contributed by atoms with Gasteiger partial charge in [0.05, 0.1) is 0 Å². The second-order valence-electron chi connectivity index (χ2n) is 15.2. The Morgan fingerprint density at radius 2 is 1.12 bits per heavy atom. The second-order valence-corrected chi connectivity index (χ2v) is 21.8. The van der Waals surface area contributed by atoms with Gasteiger partial charge in [0.25, 0.3) is 0 Å². The minimum Gasteiger partial charge on any atom is -1.00 e. The Kier molecular flexibility index (Phi) is 9.58. The van der Waals surface area contributed by atoms with E-state index in [-0.39, 0.29) is 35.6 Å². The molecule has 4 aromatic carbocycles. The average Bonchev–Trinajstić information content (AvgIpc) is 3.73. The Labute approximate surface area is 307 Å². The molecule has 0 amide bonds. The summed E-state index contributed by atoms with van der Waals surface area (Å²) in [5.41, 5.74) is 16.4. The molecule has 0 N–H and O–H groups in total. The Balaban J connectivity index is 0.00000201. The first-order valence-electron chi connectivity index (χ1n) is 17.0. The molecule has 0 aromatic heterocycles. The summed E-state index contributed by atoms with van der Waals surface area (Å²) in [5.74, 6) is 0.489. The molecule has 1 atom stereocenters. The van der Waals surface area contributed by atoms with Crippen LogP contribution in [-0.2, 0) is 44.9 Å². The fourth-order valence-electron chi connectivity index (χ4n) is 8.60. The summed E-state index contributed by atoms with van der Waals surface area (Å²) in [6, 6.07) is 33.0. The van der Waals surface area contributed by atoms with E-state index < -0.39 is 21.3 Å². The summed E-state index contributed by atoms with van der Waals surface area (Å²) in [5, 5.41) is 0. The van der Waals surface area contributed by atoms with Crippen LogP contribution in [0.4, 0.5) is 0 Å². The van der Waals surface area contributed by atoms with Gasteiger partial charge < -0.3 is 24.8 Å². The van der Waals surface area contributed by atoms with Gasteiger partial charge in [-0.2, -0.15) is 0 Å². The van der Waals surface area contributed by atoms with Crippen LogP contribution < -0.4 is 24.8 Å². The quantitative estimate of drug-likeness (QED) is 0.257. The number of halogens is 2. The van der Waals surface area contributed by atoms with Gasteiger partial charge >= 0.3 is 285 Å². The van der Waals surface area contributed by atoms with Gasteiger partial charge in [0.15, 0.2) is 0 Å². The number of rotatable bonds is 6. The Morgan fingerprint density at radius 3 is 1.54 bits per heavy atom. The zero-order valence-electron chi connectivity index (χ0n) is 28.9. The first-order valence-corrected chi connectivity index (χ1v) is 20.9. The van der Waals surface area contributed by atoms with Crippen molar-refractivity contribution in [1.29, 1.82) is 0 Å². The maximum Gasteiger partial charge on any atom is -1.00 e. The van der Waals surface area contributed by atoms with E-state index in [1.54, 1.807) is 17.6 Å². The molecular weight excluding hydrogens is 703 g/mol. The van der Waals surface area contributed by atoms with Crippen molar-refractivity contribution in [2.24, 2.45) is 5.92 Å². The van der Waals surface area contributed by atoms with E-state index in [9.17, 15) is 0 Å². The van der Waals surface area contributed by atoms with Crippen LogP contribution in [0.3, 0.4) is 0 Å². The predicted molar refractivity (Wildman–Crippen MR) is 194 cm³/mol. The number of hydrogen-bond acceptors (Lipinski definition) is 0. The molecule has 4 aliphatic rings. The van der Waals surface area contributed by atoms with Gasteiger partial charge in [-0.1, -0.05) is 0 Å². The Bertz CT molecular complexity index is 1930. The van der Waals surface area contributed by atoms with Crippen LogP contribution in [0.2, 0.25) is 0 Å². The molecule has 0 saturated carbocycles. The van der Waals surface area contributed by atoms with Crippen LogP contribution >= 0.6 is 0 Å². The first-order chi connectivity index (χ1) is 22.1. The normalized spacial score (nSPS) is 18.4. The van der Waals surface area contributed by atoms with E-state index in [1.165, 1.54) is 50.1 Å². The second kappa shape index (κ2) is 13.1. The Hall–Kier alpha value is -2.83. The maximum atomic E-state index is 2.66. The largest absolute Gasteiger partial charge is 1.00 e. The smallest absolute Gasteiger partial charge is 1.00 e. The number of benzene rings is 4.